The Balaban J connectivity index is 1.99. The lowest BCUT2D eigenvalue weighted by Crippen LogP contribution is -2.30. The van der Waals surface area contributed by atoms with E-state index in [2.05, 4.69) is 5.32 Å². The molecule has 0 fully saturated rings. The van der Waals surface area contributed by atoms with Crippen molar-refractivity contribution in [1.82, 2.24) is 0 Å². The molecule has 2 rings (SSSR count). The van der Waals surface area contributed by atoms with E-state index >= 15 is 0 Å². The first-order chi connectivity index (χ1) is 10.9. The molecule has 0 aliphatic carbocycles. The minimum absolute atomic E-state index is 0.305. The number of anilines is 1. The van der Waals surface area contributed by atoms with Gasteiger partial charge in [0.1, 0.15) is 5.75 Å². The molecule has 4 nitrogen and oxygen atoms in total. The molecule has 0 bridgehead atoms. The van der Waals surface area contributed by atoms with Gasteiger partial charge in [0.2, 0.25) is 0 Å². The number of hydrogen-bond acceptors (Lipinski definition) is 3. The Bertz CT molecular complexity index is 687. The summed E-state index contributed by atoms with van der Waals surface area (Å²) < 4.78 is 5.55. The van der Waals surface area contributed by atoms with Gasteiger partial charge in [-0.05, 0) is 49.7 Å². The lowest BCUT2D eigenvalue weighted by atomic mass is 10.1. The molecule has 0 saturated carbocycles. The van der Waals surface area contributed by atoms with Crippen LogP contribution < -0.4 is 10.1 Å². The molecule has 0 spiro atoms. The molecule has 0 heterocycles. The second-order valence-electron chi connectivity index (χ2n) is 5.12. The third-order valence-corrected chi connectivity index (χ3v) is 3.76. The van der Waals surface area contributed by atoms with Crippen LogP contribution in [0.15, 0.2) is 42.5 Å². The minimum Gasteiger partial charge on any atom is -0.479 e. The van der Waals surface area contributed by atoms with Crippen LogP contribution in [0.3, 0.4) is 0 Å². The highest BCUT2D eigenvalue weighted by molar-refractivity contribution is 6.35. The Hall–Kier alpha value is -1.75. The summed E-state index contributed by atoms with van der Waals surface area (Å²) in [7, 11) is 0. The van der Waals surface area contributed by atoms with Crippen molar-refractivity contribution in [2.24, 2.45) is 0 Å². The van der Waals surface area contributed by atoms with E-state index in [0.717, 1.165) is 5.56 Å². The predicted octanol–water partition coefficient (Wildman–Crippen LogP) is 4.45. The quantitative estimate of drug-likeness (QED) is 0.834. The average molecular weight is 354 g/mol. The molecule has 23 heavy (non-hydrogen) atoms. The number of nitrogens with one attached hydrogen (secondary N) is 1. The molecule has 0 aliphatic rings. The van der Waals surface area contributed by atoms with Crippen LogP contribution in [0.1, 0.15) is 25.5 Å². The number of benzene rings is 2. The molecule has 2 unspecified atom stereocenters. The molecular formula is C17H17Cl2NO3. The van der Waals surface area contributed by atoms with Crippen molar-refractivity contribution in [3.63, 3.8) is 0 Å². The number of aliphatic hydroxyl groups excluding tert-OH is 1. The summed E-state index contributed by atoms with van der Waals surface area (Å²) in [5.41, 5.74) is 1.40. The van der Waals surface area contributed by atoms with Gasteiger partial charge in [-0.1, -0.05) is 35.3 Å². The molecule has 0 aliphatic heterocycles. The largest absolute Gasteiger partial charge is 0.479 e. The number of aliphatic hydroxyl groups is 1. The summed E-state index contributed by atoms with van der Waals surface area (Å²) in [6.07, 6.45) is -1.28. The fraction of sp³-hybridized carbons (Fsp3) is 0.235. The van der Waals surface area contributed by atoms with Gasteiger partial charge in [0.15, 0.2) is 6.10 Å². The number of carbonyl (C=O) groups excluding carboxylic acids is 1. The first kappa shape index (κ1) is 17.6. The molecule has 2 N–H and O–H groups in total. The van der Waals surface area contributed by atoms with Crippen LogP contribution in [0.25, 0.3) is 0 Å². The van der Waals surface area contributed by atoms with E-state index in [1.54, 1.807) is 56.3 Å². The van der Waals surface area contributed by atoms with E-state index in [9.17, 15) is 9.90 Å². The van der Waals surface area contributed by atoms with Gasteiger partial charge in [-0.25, -0.2) is 0 Å². The lowest BCUT2D eigenvalue weighted by molar-refractivity contribution is -0.122. The van der Waals surface area contributed by atoms with Crippen LogP contribution in [0.2, 0.25) is 10.0 Å². The third-order valence-electron chi connectivity index (χ3n) is 3.23. The highest BCUT2D eigenvalue weighted by Gasteiger charge is 2.16. The van der Waals surface area contributed by atoms with Crippen molar-refractivity contribution >= 4 is 34.8 Å². The number of carbonyl (C=O) groups is 1. The smallest absolute Gasteiger partial charge is 0.265 e. The molecule has 0 radical (unpaired) electrons. The van der Waals surface area contributed by atoms with Crippen LogP contribution in [-0.4, -0.2) is 17.1 Å². The van der Waals surface area contributed by atoms with Gasteiger partial charge in [0, 0.05) is 10.7 Å². The maximum atomic E-state index is 12.2. The number of ether oxygens (including phenoxy) is 1. The minimum atomic E-state index is -0.731. The van der Waals surface area contributed by atoms with Crippen molar-refractivity contribution < 1.29 is 14.6 Å². The van der Waals surface area contributed by atoms with Crippen LogP contribution in [0.5, 0.6) is 5.75 Å². The van der Waals surface area contributed by atoms with E-state index in [-0.39, 0.29) is 5.91 Å². The summed E-state index contributed by atoms with van der Waals surface area (Å²) in [5, 5.41) is 13.1. The maximum absolute atomic E-state index is 12.2. The first-order valence-electron chi connectivity index (χ1n) is 7.07. The maximum Gasteiger partial charge on any atom is 0.265 e. The molecule has 0 saturated heterocycles. The number of amides is 1. The number of hydrogen-bond donors (Lipinski definition) is 2. The van der Waals surface area contributed by atoms with Gasteiger partial charge in [-0.3, -0.25) is 4.79 Å². The average Bonchev–Trinajstić information content (AvgIpc) is 2.50. The lowest BCUT2D eigenvalue weighted by Gasteiger charge is -2.16. The summed E-state index contributed by atoms with van der Waals surface area (Å²) in [5.74, 6) is 0.0870. The van der Waals surface area contributed by atoms with E-state index in [4.69, 9.17) is 27.9 Å². The number of rotatable bonds is 5. The monoisotopic (exact) mass is 353 g/mol. The Kier molecular flexibility index (Phi) is 5.88. The van der Waals surface area contributed by atoms with Gasteiger partial charge in [0.05, 0.1) is 11.1 Å². The number of halogens is 2. The Morgan fingerprint density at radius 2 is 1.78 bits per heavy atom. The summed E-state index contributed by atoms with van der Waals surface area (Å²) >= 11 is 11.8. The molecule has 122 valence electrons. The van der Waals surface area contributed by atoms with Crippen LogP contribution >= 0.6 is 23.2 Å². The SMILES string of the molecule is CC(Oc1ccc(Cl)cc1Cl)C(=O)Nc1ccc(C(C)O)cc1. The van der Waals surface area contributed by atoms with Crippen molar-refractivity contribution in [1.29, 1.82) is 0 Å². The summed E-state index contributed by atoms with van der Waals surface area (Å²) in [6, 6.07) is 11.8. The zero-order valence-corrected chi connectivity index (χ0v) is 14.2. The van der Waals surface area contributed by atoms with E-state index in [1.165, 1.54) is 0 Å². The fourth-order valence-electron chi connectivity index (χ4n) is 1.90. The van der Waals surface area contributed by atoms with Crippen LogP contribution in [0.4, 0.5) is 5.69 Å². The normalized spacial score (nSPS) is 13.3. The molecule has 0 aromatic heterocycles. The zero-order chi connectivity index (χ0) is 17.0. The second-order valence-corrected chi connectivity index (χ2v) is 5.97. The summed E-state index contributed by atoms with van der Waals surface area (Å²) in [6.45, 7) is 3.31. The molecule has 1 amide bonds. The van der Waals surface area contributed by atoms with Crippen molar-refractivity contribution in [2.75, 3.05) is 5.32 Å². The van der Waals surface area contributed by atoms with E-state index < -0.39 is 12.2 Å². The van der Waals surface area contributed by atoms with Gasteiger partial charge >= 0.3 is 0 Å². The molecular weight excluding hydrogens is 337 g/mol. The topological polar surface area (TPSA) is 58.6 Å². The van der Waals surface area contributed by atoms with E-state index in [0.29, 0.717) is 21.5 Å². The fourth-order valence-corrected chi connectivity index (χ4v) is 2.36. The first-order valence-corrected chi connectivity index (χ1v) is 7.83. The van der Waals surface area contributed by atoms with Crippen LogP contribution in [0, 0.1) is 0 Å². The Morgan fingerprint density at radius 1 is 1.13 bits per heavy atom. The predicted molar refractivity (Wildman–Crippen MR) is 92.3 cm³/mol. The molecule has 2 atom stereocenters. The van der Waals surface area contributed by atoms with Crippen molar-refractivity contribution in [3.05, 3.63) is 58.1 Å². The van der Waals surface area contributed by atoms with E-state index in [1.807, 2.05) is 0 Å². The highest BCUT2D eigenvalue weighted by Crippen LogP contribution is 2.28. The highest BCUT2D eigenvalue weighted by atomic mass is 35.5. The summed E-state index contributed by atoms with van der Waals surface area (Å²) in [4.78, 5) is 12.2. The van der Waals surface area contributed by atoms with Gasteiger partial charge in [-0.2, -0.15) is 0 Å². The molecule has 2 aromatic carbocycles. The van der Waals surface area contributed by atoms with Gasteiger partial charge < -0.3 is 15.2 Å². The molecule has 6 heteroatoms. The van der Waals surface area contributed by atoms with Crippen LogP contribution in [-0.2, 0) is 4.79 Å². The van der Waals surface area contributed by atoms with Gasteiger partial charge in [-0.15, -0.1) is 0 Å². The zero-order valence-electron chi connectivity index (χ0n) is 12.7. The van der Waals surface area contributed by atoms with Crippen molar-refractivity contribution in [2.45, 2.75) is 26.1 Å². The van der Waals surface area contributed by atoms with Crippen molar-refractivity contribution in [3.8, 4) is 5.75 Å². The van der Waals surface area contributed by atoms with Gasteiger partial charge in [0.25, 0.3) is 5.91 Å². The Morgan fingerprint density at radius 3 is 2.35 bits per heavy atom. The Labute approximate surface area is 145 Å². The molecule has 2 aromatic rings. The standard InChI is InChI=1S/C17H17Cl2NO3/c1-10(21)12-3-6-14(7-4-12)20-17(22)11(2)23-16-8-5-13(18)9-15(16)19/h3-11,21H,1-2H3,(H,20,22). The third kappa shape index (κ3) is 4.86. The second kappa shape index (κ2) is 7.68.